The molecule has 116 valence electrons. The molecule has 0 saturated carbocycles. The Balaban J connectivity index is 1.36. The number of H-pyrrole nitrogens is 1. The molecule has 1 aliphatic rings. The Hall–Kier alpha value is -2.60. The lowest BCUT2D eigenvalue weighted by Gasteiger charge is -2.10. The molecule has 1 amide bonds. The zero-order valence-corrected chi connectivity index (χ0v) is 13.1. The van der Waals surface area contributed by atoms with Gasteiger partial charge in [-0.15, -0.1) is 11.3 Å². The first-order valence-electron chi connectivity index (χ1n) is 7.41. The number of benzene rings is 1. The lowest BCUT2D eigenvalue weighted by molar-refractivity contribution is 0.0928. The molecule has 1 aromatic carbocycles. The lowest BCUT2D eigenvalue weighted by Crippen LogP contribution is -2.34. The highest BCUT2D eigenvalue weighted by Gasteiger charge is 2.23. The topological polar surface area (TPSA) is 67.0 Å². The zero-order chi connectivity index (χ0) is 15.6. The molecule has 0 radical (unpaired) electrons. The highest BCUT2D eigenvalue weighted by Crippen LogP contribution is 2.27. The summed E-state index contributed by atoms with van der Waals surface area (Å²) in [7, 11) is 0. The number of nitrogens with one attached hydrogen (secondary N) is 2. The van der Waals surface area contributed by atoms with E-state index in [1.54, 1.807) is 17.4 Å². The van der Waals surface area contributed by atoms with Crippen molar-refractivity contribution in [1.82, 2.24) is 15.5 Å². The number of amides is 1. The van der Waals surface area contributed by atoms with Gasteiger partial charge in [0.15, 0.2) is 5.69 Å². The maximum absolute atomic E-state index is 12.2. The van der Waals surface area contributed by atoms with Crippen molar-refractivity contribution in [3.05, 3.63) is 59.1 Å². The Bertz CT molecular complexity index is 801. The number of carbonyl (C=O) groups excluding carboxylic acids is 1. The fourth-order valence-corrected chi connectivity index (χ4v) is 3.35. The van der Waals surface area contributed by atoms with Crippen LogP contribution in [0, 0.1) is 0 Å². The van der Waals surface area contributed by atoms with Crippen molar-refractivity contribution in [3.63, 3.8) is 0 Å². The molecule has 23 heavy (non-hydrogen) atoms. The molecule has 0 aliphatic carbocycles. The van der Waals surface area contributed by atoms with Crippen LogP contribution in [0.3, 0.4) is 0 Å². The summed E-state index contributed by atoms with van der Waals surface area (Å²) in [4.78, 5) is 13.3. The summed E-state index contributed by atoms with van der Waals surface area (Å²) in [6.07, 6.45) is 0.796. The van der Waals surface area contributed by atoms with Gasteiger partial charge in [0.2, 0.25) is 0 Å². The van der Waals surface area contributed by atoms with Crippen LogP contribution >= 0.6 is 11.3 Å². The number of thiophene rings is 1. The summed E-state index contributed by atoms with van der Waals surface area (Å²) in [6, 6.07) is 13.7. The number of nitrogens with zero attached hydrogens (tertiary/aromatic N) is 1. The van der Waals surface area contributed by atoms with E-state index in [0.717, 1.165) is 22.7 Å². The lowest BCUT2D eigenvalue weighted by atomic mass is 10.1. The van der Waals surface area contributed by atoms with Crippen LogP contribution < -0.4 is 10.1 Å². The predicted octanol–water partition coefficient (Wildman–Crippen LogP) is 2.87. The number of carbonyl (C=O) groups is 1. The Morgan fingerprint density at radius 3 is 3.09 bits per heavy atom. The molecular formula is C17H15N3O2S. The molecule has 5 nitrogen and oxygen atoms in total. The molecule has 1 unspecified atom stereocenters. The second-order valence-corrected chi connectivity index (χ2v) is 6.35. The van der Waals surface area contributed by atoms with Crippen molar-refractivity contribution in [1.29, 1.82) is 0 Å². The summed E-state index contributed by atoms with van der Waals surface area (Å²) >= 11 is 1.60. The van der Waals surface area contributed by atoms with Gasteiger partial charge in [-0.05, 0) is 29.1 Å². The molecule has 4 rings (SSSR count). The monoisotopic (exact) mass is 325 g/mol. The summed E-state index contributed by atoms with van der Waals surface area (Å²) in [5, 5.41) is 11.9. The van der Waals surface area contributed by atoms with Crippen LogP contribution in [-0.2, 0) is 6.42 Å². The Morgan fingerprint density at radius 2 is 2.26 bits per heavy atom. The predicted molar refractivity (Wildman–Crippen MR) is 88.8 cm³/mol. The van der Waals surface area contributed by atoms with Crippen molar-refractivity contribution in [2.45, 2.75) is 12.5 Å². The molecule has 2 aromatic heterocycles. The quantitative estimate of drug-likeness (QED) is 0.775. The Labute approximate surface area is 137 Å². The van der Waals surface area contributed by atoms with E-state index < -0.39 is 0 Å². The zero-order valence-electron chi connectivity index (χ0n) is 12.3. The third-order valence-electron chi connectivity index (χ3n) is 3.80. The minimum Gasteiger partial charge on any atom is -0.488 e. The van der Waals surface area contributed by atoms with Gasteiger partial charge < -0.3 is 10.1 Å². The van der Waals surface area contributed by atoms with Crippen LogP contribution in [0.4, 0.5) is 0 Å². The van der Waals surface area contributed by atoms with E-state index in [-0.39, 0.29) is 12.0 Å². The van der Waals surface area contributed by atoms with Gasteiger partial charge >= 0.3 is 0 Å². The van der Waals surface area contributed by atoms with Gasteiger partial charge in [0.1, 0.15) is 11.9 Å². The van der Waals surface area contributed by atoms with Gasteiger partial charge in [-0.2, -0.15) is 5.10 Å². The number of hydrogen-bond acceptors (Lipinski definition) is 4. The molecule has 2 N–H and O–H groups in total. The molecule has 1 atom stereocenters. The first kappa shape index (κ1) is 14.0. The molecule has 1 aliphatic heterocycles. The van der Waals surface area contributed by atoms with Gasteiger partial charge in [-0.1, -0.05) is 24.3 Å². The third kappa shape index (κ3) is 2.85. The second kappa shape index (κ2) is 5.89. The average Bonchev–Trinajstić information content (AvgIpc) is 3.31. The van der Waals surface area contributed by atoms with Gasteiger partial charge in [-0.25, -0.2) is 0 Å². The van der Waals surface area contributed by atoms with Gasteiger partial charge in [-0.3, -0.25) is 9.89 Å². The van der Waals surface area contributed by atoms with Crippen molar-refractivity contribution < 1.29 is 9.53 Å². The number of ether oxygens (including phenoxy) is 1. The fourth-order valence-electron chi connectivity index (χ4n) is 2.66. The van der Waals surface area contributed by atoms with Gasteiger partial charge in [0.05, 0.1) is 17.1 Å². The highest BCUT2D eigenvalue weighted by atomic mass is 32.1. The van der Waals surface area contributed by atoms with E-state index in [4.69, 9.17) is 4.74 Å². The average molecular weight is 325 g/mol. The molecule has 0 fully saturated rings. The van der Waals surface area contributed by atoms with Crippen LogP contribution in [0.25, 0.3) is 10.6 Å². The van der Waals surface area contributed by atoms with Crippen molar-refractivity contribution in [2.24, 2.45) is 0 Å². The van der Waals surface area contributed by atoms with Crippen LogP contribution in [0.1, 0.15) is 16.1 Å². The van der Waals surface area contributed by atoms with Crippen LogP contribution in [0.15, 0.2) is 47.8 Å². The molecular weight excluding hydrogens is 310 g/mol. The van der Waals surface area contributed by atoms with Gasteiger partial charge in [0.25, 0.3) is 5.91 Å². The number of aromatic amines is 1. The summed E-state index contributed by atoms with van der Waals surface area (Å²) < 4.78 is 5.82. The smallest absolute Gasteiger partial charge is 0.271 e. The maximum Gasteiger partial charge on any atom is 0.271 e. The van der Waals surface area contributed by atoms with E-state index in [1.807, 2.05) is 35.7 Å². The van der Waals surface area contributed by atoms with Crippen LogP contribution in [0.2, 0.25) is 0 Å². The van der Waals surface area contributed by atoms with Crippen LogP contribution in [0.5, 0.6) is 5.75 Å². The SMILES string of the molecule is O=C(NCC1Cc2ccccc2O1)c1cc(-c2cccs2)[nH]n1. The largest absolute Gasteiger partial charge is 0.488 e. The molecule has 6 heteroatoms. The Kier molecular flexibility index (Phi) is 3.59. The van der Waals surface area contributed by atoms with Crippen molar-refractivity contribution >= 4 is 17.2 Å². The van der Waals surface area contributed by atoms with Crippen LogP contribution in [-0.4, -0.2) is 28.8 Å². The number of para-hydroxylation sites is 1. The third-order valence-corrected chi connectivity index (χ3v) is 4.70. The standard InChI is InChI=1S/C17H15N3O2S/c21-17(14-9-13(19-20-14)16-6-3-7-23-16)18-10-12-8-11-4-1-2-5-15(11)22-12/h1-7,9,12H,8,10H2,(H,18,21)(H,19,20). The molecule has 3 aromatic rings. The van der Waals surface area contributed by atoms with Gasteiger partial charge in [0, 0.05) is 6.42 Å². The second-order valence-electron chi connectivity index (χ2n) is 5.41. The van der Waals surface area contributed by atoms with E-state index in [0.29, 0.717) is 12.2 Å². The van der Waals surface area contributed by atoms with E-state index in [1.165, 1.54) is 5.56 Å². The number of hydrogen-bond donors (Lipinski definition) is 2. The fraction of sp³-hybridized carbons (Fsp3) is 0.176. The number of fused-ring (bicyclic) bond motifs is 1. The normalized spacial score (nSPS) is 15.9. The van der Waals surface area contributed by atoms with E-state index in [2.05, 4.69) is 21.6 Å². The highest BCUT2D eigenvalue weighted by molar-refractivity contribution is 7.13. The first-order chi connectivity index (χ1) is 11.3. The van der Waals surface area contributed by atoms with Crippen molar-refractivity contribution in [3.8, 4) is 16.3 Å². The summed E-state index contributed by atoms with van der Waals surface area (Å²) in [5.41, 5.74) is 2.44. The summed E-state index contributed by atoms with van der Waals surface area (Å²) in [5.74, 6) is 0.718. The first-order valence-corrected chi connectivity index (χ1v) is 8.29. The van der Waals surface area contributed by atoms with E-state index >= 15 is 0 Å². The summed E-state index contributed by atoms with van der Waals surface area (Å²) in [6.45, 7) is 0.467. The number of rotatable bonds is 4. The number of aromatic nitrogens is 2. The minimum absolute atomic E-state index is 0.0212. The Morgan fingerprint density at radius 1 is 1.35 bits per heavy atom. The molecule has 0 spiro atoms. The molecule has 3 heterocycles. The molecule has 0 saturated heterocycles. The van der Waals surface area contributed by atoms with Crippen molar-refractivity contribution in [2.75, 3.05) is 6.54 Å². The maximum atomic E-state index is 12.2. The molecule has 0 bridgehead atoms. The minimum atomic E-state index is -0.191. The van der Waals surface area contributed by atoms with E-state index in [9.17, 15) is 4.79 Å².